The fraction of sp³-hybridized carbons (Fsp3) is 0.500. The number of hydrogen-bond donors (Lipinski definition) is 1. The Balaban J connectivity index is 1.27. The Kier molecular flexibility index (Phi) is 5.11. The molecule has 2 aromatic rings. The van der Waals surface area contributed by atoms with Gasteiger partial charge in [0.1, 0.15) is 0 Å². The molecule has 2 aliphatic heterocycles. The fourth-order valence-electron chi connectivity index (χ4n) is 3.63. The molecule has 1 N–H and O–H groups in total. The normalized spacial score (nSPS) is 19.5. The molecule has 0 aliphatic carbocycles. The topological polar surface area (TPSA) is 65.5 Å². The molecule has 138 valence electrons. The lowest BCUT2D eigenvalue weighted by Crippen LogP contribution is -2.37. The highest BCUT2D eigenvalue weighted by Crippen LogP contribution is 2.34. The van der Waals surface area contributed by atoms with Crippen LogP contribution in [0.1, 0.15) is 30.2 Å². The molecule has 4 rings (SSSR count). The number of aromatic nitrogens is 1. The molecule has 1 aromatic heterocycles. The van der Waals surface area contributed by atoms with Gasteiger partial charge in [-0.25, -0.2) is 9.78 Å². The molecule has 0 atom stereocenters. The van der Waals surface area contributed by atoms with Crippen LogP contribution in [0.2, 0.25) is 5.02 Å². The van der Waals surface area contributed by atoms with Crippen molar-refractivity contribution < 1.29 is 9.59 Å². The van der Waals surface area contributed by atoms with E-state index in [0.29, 0.717) is 12.5 Å². The molecule has 6 nitrogen and oxygen atoms in total. The molecule has 3 amide bonds. The molecular formula is C18H21ClN4O2S. The van der Waals surface area contributed by atoms with Crippen molar-refractivity contribution >= 4 is 45.1 Å². The smallest absolute Gasteiger partial charge is 0.324 e. The predicted octanol–water partition coefficient (Wildman–Crippen LogP) is 3.07. The van der Waals surface area contributed by atoms with E-state index in [2.05, 4.69) is 10.2 Å². The standard InChI is InChI=1S/C18H21ClN4O2S/c19-13-2-3-15-14(10-13)21-17(26-15)12-4-8-22(9-5-12)6-1-7-23-16(24)11-20-18(23)25/h2-3,10,12H,1,4-9,11H2,(H,20,25). The first-order valence-electron chi connectivity index (χ1n) is 8.97. The minimum atomic E-state index is -0.260. The molecule has 1 aromatic carbocycles. The fourth-order valence-corrected chi connectivity index (χ4v) is 4.91. The van der Waals surface area contributed by atoms with E-state index < -0.39 is 0 Å². The third kappa shape index (κ3) is 3.70. The number of nitrogens with one attached hydrogen (secondary N) is 1. The number of thiazole rings is 1. The maximum absolute atomic E-state index is 11.6. The summed E-state index contributed by atoms with van der Waals surface area (Å²) in [5.74, 6) is 0.387. The number of benzene rings is 1. The van der Waals surface area contributed by atoms with Gasteiger partial charge in [-0.2, -0.15) is 0 Å². The van der Waals surface area contributed by atoms with Crippen LogP contribution in [-0.2, 0) is 4.79 Å². The first-order chi connectivity index (χ1) is 12.6. The maximum Gasteiger partial charge on any atom is 0.324 e. The number of piperidine rings is 1. The van der Waals surface area contributed by atoms with Gasteiger partial charge in [0.25, 0.3) is 0 Å². The highest BCUT2D eigenvalue weighted by Gasteiger charge is 2.28. The lowest BCUT2D eigenvalue weighted by Gasteiger charge is -2.31. The number of rotatable bonds is 5. The Morgan fingerprint density at radius 1 is 1.23 bits per heavy atom. The summed E-state index contributed by atoms with van der Waals surface area (Å²) < 4.78 is 1.19. The van der Waals surface area contributed by atoms with Gasteiger partial charge in [-0.15, -0.1) is 11.3 Å². The van der Waals surface area contributed by atoms with E-state index in [1.54, 1.807) is 11.3 Å². The number of fused-ring (bicyclic) bond motifs is 1. The molecular weight excluding hydrogens is 372 g/mol. The number of carbonyl (C=O) groups excluding carboxylic acids is 2. The van der Waals surface area contributed by atoms with Crippen LogP contribution in [0.3, 0.4) is 0 Å². The number of urea groups is 1. The van der Waals surface area contributed by atoms with Crippen molar-refractivity contribution in [3.8, 4) is 0 Å². The number of halogens is 1. The zero-order valence-electron chi connectivity index (χ0n) is 14.4. The number of amides is 3. The summed E-state index contributed by atoms with van der Waals surface area (Å²) in [6.45, 7) is 3.61. The second-order valence-electron chi connectivity index (χ2n) is 6.84. The molecule has 0 bridgehead atoms. The summed E-state index contributed by atoms with van der Waals surface area (Å²) in [6.07, 6.45) is 3.01. The van der Waals surface area contributed by atoms with Gasteiger partial charge < -0.3 is 10.2 Å². The Bertz CT molecular complexity index is 816. The van der Waals surface area contributed by atoms with Gasteiger partial charge in [0.15, 0.2) is 0 Å². The number of imide groups is 1. The number of nitrogens with zero attached hydrogens (tertiary/aromatic N) is 3. The van der Waals surface area contributed by atoms with Crippen molar-refractivity contribution in [2.24, 2.45) is 0 Å². The zero-order chi connectivity index (χ0) is 18.1. The van der Waals surface area contributed by atoms with Crippen LogP contribution in [0.5, 0.6) is 0 Å². The van der Waals surface area contributed by atoms with E-state index in [4.69, 9.17) is 16.6 Å². The van der Waals surface area contributed by atoms with E-state index in [9.17, 15) is 9.59 Å². The Morgan fingerprint density at radius 2 is 2.04 bits per heavy atom. The molecule has 8 heteroatoms. The minimum Gasteiger partial charge on any atom is -0.329 e. The number of hydrogen-bond acceptors (Lipinski definition) is 5. The van der Waals surface area contributed by atoms with Crippen LogP contribution in [0.15, 0.2) is 18.2 Å². The molecule has 2 saturated heterocycles. The highest BCUT2D eigenvalue weighted by atomic mass is 35.5. The van der Waals surface area contributed by atoms with Crippen molar-refractivity contribution in [2.45, 2.75) is 25.2 Å². The van der Waals surface area contributed by atoms with Gasteiger partial charge in [0.2, 0.25) is 5.91 Å². The van der Waals surface area contributed by atoms with Crippen molar-refractivity contribution in [3.63, 3.8) is 0 Å². The zero-order valence-corrected chi connectivity index (χ0v) is 16.0. The third-order valence-electron chi connectivity index (χ3n) is 5.10. The van der Waals surface area contributed by atoms with Gasteiger partial charge in [-0.1, -0.05) is 11.6 Å². The van der Waals surface area contributed by atoms with E-state index in [1.165, 1.54) is 14.6 Å². The lowest BCUT2D eigenvalue weighted by molar-refractivity contribution is -0.125. The van der Waals surface area contributed by atoms with Gasteiger partial charge >= 0.3 is 6.03 Å². The average Bonchev–Trinajstić information content (AvgIpc) is 3.19. The second-order valence-corrected chi connectivity index (χ2v) is 8.34. The predicted molar refractivity (Wildman–Crippen MR) is 103 cm³/mol. The summed E-state index contributed by atoms with van der Waals surface area (Å²) in [6, 6.07) is 5.63. The maximum atomic E-state index is 11.6. The van der Waals surface area contributed by atoms with Crippen LogP contribution >= 0.6 is 22.9 Å². The van der Waals surface area contributed by atoms with Gasteiger partial charge in [-0.05, 0) is 57.1 Å². The Labute approximate surface area is 161 Å². The molecule has 3 heterocycles. The molecule has 26 heavy (non-hydrogen) atoms. The second kappa shape index (κ2) is 7.50. The van der Waals surface area contributed by atoms with E-state index in [-0.39, 0.29) is 18.5 Å². The summed E-state index contributed by atoms with van der Waals surface area (Å²) in [5.41, 5.74) is 0.994. The van der Waals surface area contributed by atoms with Crippen molar-refractivity contribution in [1.82, 2.24) is 20.1 Å². The lowest BCUT2D eigenvalue weighted by atomic mass is 9.97. The van der Waals surface area contributed by atoms with Crippen LogP contribution in [-0.4, -0.2) is 59.4 Å². The van der Waals surface area contributed by atoms with Crippen LogP contribution in [0.25, 0.3) is 10.2 Å². The van der Waals surface area contributed by atoms with E-state index >= 15 is 0 Å². The summed E-state index contributed by atoms with van der Waals surface area (Å²) in [4.78, 5) is 31.6. The van der Waals surface area contributed by atoms with Gasteiger partial charge in [0.05, 0.1) is 21.8 Å². The third-order valence-corrected chi connectivity index (χ3v) is 6.53. The average molecular weight is 393 g/mol. The summed E-state index contributed by atoms with van der Waals surface area (Å²) in [5, 5.41) is 4.50. The van der Waals surface area contributed by atoms with Crippen LogP contribution in [0, 0.1) is 0 Å². The monoisotopic (exact) mass is 392 g/mol. The highest BCUT2D eigenvalue weighted by molar-refractivity contribution is 7.18. The minimum absolute atomic E-state index is 0.121. The van der Waals surface area contributed by atoms with Gasteiger partial charge in [0, 0.05) is 17.5 Å². The number of likely N-dealkylation sites (tertiary alicyclic amines) is 1. The summed E-state index contributed by atoms with van der Waals surface area (Å²) >= 11 is 7.83. The molecule has 2 aliphatic rings. The van der Waals surface area contributed by atoms with Crippen LogP contribution < -0.4 is 5.32 Å². The Hall–Kier alpha value is -1.70. The molecule has 0 radical (unpaired) electrons. The molecule has 0 unspecified atom stereocenters. The van der Waals surface area contributed by atoms with Crippen molar-refractivity contribution in [1.29, 1.82) is 0 Å². The molecule has 2 fully saturated rings. The van der Waals surface area contributed by atoms with E-state index in [1.807, 2.05) is 18.2 Å². The first-order valence-corrected chi connectivity index (χ1v) is 10.2. The SMILES string of the molecule is O=C1CNC(=O)N1CCCN1CCC(c2nc3cc(Cl)ccc3s2)CC1. The quantitative estimate of drug-likeness (QED) is 0.794. The van der Waals surface area contributed by atoms with Crippen molar-refractivity contribution in [2.75, 3.05) is 32.7 Å². The number of carbonyl (C=O) groups is 2. The van der Waals surface area contributed by atoms with Crippen LogP contribution in [0.4, 0.5) is 4.79 Å². The van der Waals surface area contributed by atoms with Gasteiger partial charge in [-0.3, -0.25) is 9.69 Å². The molecule has 0 spiro atoms. The van der Waals surface area contributed by atoms with E-state index in [0.717, 1.165) is 49.4 Å². The first kappa shape index (κ1) is 17.7. The Morgan fingerprint density at radius 3 is 2.77 bits per heavy atom. The molecule has 0 saturated carbocycles. The van der Waals surface area contributed by atoms with Crippen molar-refractivity contribution in [3.05, 3.63) is 28.2 Å². The largest absolute Gasteiger partial charge is 0.329 e. The summed E-state index contributed by atoms with van der Waals surface area (Å²) in [7, 11) is 0.